The second-order valence-corrected chi connectivity index (χ2v) is 8.33. The normalized spacial score (nSPS) is 21.4. The summed E-state index contributed by atoms with van der Waals surface area (Å²) in [4.78, 5) is 13.0. The van der Waals surface area contributed by atoms with Crippen molar-refractivity contribution in [2.75, 3.05) is 6.54 Å². The van der Waals surface area contributed by atoms with Crippen LogP contribution in [-0.4, -0.2) is 29.5 Å². The molecule has 0 saturated carbocycles. The SMILES string of the molecule is CC(C)(C)OC(=O)NC(CC1(C)CCNC1=S)Oc1cccc(Cl)c1. The molecule has 0 spiro atoms. The van der Waals surface area contributed by atoms with Gasteiger partial charge in [-0.2, -0.15) is 0 Å². The van der Waals surface area contributed by atoms with Crippen molar-refractivity contribution in [1.82, 2.24) is 10.6 Å². The van der Waals surface area contributed by atoms with Crippen LogP contribution in [0.3, 0.4) is 0 Å². The fourth-order valence-electron chi connectivity index (χ4n) is 2.65. The molecule has 1 aromatic rings. The number of carbonyl (C=O) groups is 1. The van der Waals surface area contributed by atoms with Crippen LogP contribution in [0.25, 0.3) is 0 Å². The van der Waals surface area contributed by atoms with Crippen molar-refractivity contribution in [3.8, 4) is 5.75 Å². The lowest BCUT2D eigenvalue weighted by atomic mass is 9.85. The average molecular weight is 385 g/mol. The fraction of sp³-hybridized carbons (Fsp3) is 0.556. The van der Waals surface area contributed by atoms with Crippen molar-refractivity contribution in [3.05, 3.63) is 29.3 Å². The van der Waals surface area contributed by atoms with Crippen LogP contribution in [0, 0.1) is 5.41 Å². The van der Waals surface area contributed by atoms with Crippen LogP contribution in [-0.2, 0) is 4.74 Å². The third-order valence-corrected chi connectivity index (χ3v) is 4.77. The smallest absolute Gasteiger partial charge is 0.410 e. The van der Waals surface area contributed by atoms with Gasteiger partial charge >= 0.3 is 6.09 Å². The molecule has 2 unspecified atom stereocenters. The van der Waals surface area contributed by atoms with E-state index in [1.807, 2.05) is 20.8 Å². The van der Waals surface area contributed by atoms with E-state index >= 15 is 0 Å². The molecule has 25 heavy (non-hydrogen) atoms. The van der Waals surface area contributed by atoms with Gasteiger partial charge in [-0.25, -0.2) is 4.79 Å². The van der Waals surface area contributed by atoms with Crippen LogP contribution in [0.1, 0.15) is 40.5 Å². The number of benzene rings is 1. The maximum atomic E-state index is 12.2. The maximum Gasteiger partial charge on any atom is 0.410 e. The highest BCUT2D eigenvalue weighted by atomic mass is 35.5. The van der Waals surface area contributed by atoms with Gasteiger partial charge in [0.25, 0.3) is 0 Å². The molecule has 1 fully saturated rings. The minimum absolute atomic E-state index is 0.242. The molecular weight excluding hydrogens is 360 g/mol. The van der Waals surface area contributed by atoms with Crippen molar-refractivity contribution < 1.29 is 14.3 Å². The Morgan fingerprint density at radius 2 is 2.20 bits per heavy atom. The highest BCUT2D eigenvalue weighted by molar-refractivity contribution is 7.80. The molecule has 1 aliphatic heterocycles. The van der Waals surface area contributed by atoms with Crippen LogP contribution in [0.15, 0.2) is 24.3 Å². The first kappa shape index (κ1) is 19.8. The molecule has 0 bridgehead atoms. The van der Waals surface area contributed by atoms with Gasteiger partial charge in [0, 0.05) is 23.4 Å². The number of thiocarbonyl (C=S) groups is 1. The Morgan fingerprint density at radius 3 is 2.76 bits per heavy atom. The lowest BCUT2D eigenvalue weighted by Gasteiger charge is -2.30. The highest BCUT2D eigenvalue weighted by Gasteiger charge is 2.38. The molecule has 1 aromatic carbocycles. The van der Waals surface area contributed by atoms with Crippen LogP contribution in [0.4, 0.5) is 4.79 Å². The zero-order chi connectivity index (χ0) is 18.7. The van der Waals surface area contributed by atoms with E-state index in [9.17, 15) is 4.79 Å². The maximum absolute atomic E-state index is 12.2. The number of hydrogen-bond donors (Lipinski definition) is 2. The van der Waals surface area contributed by atoms with Crippen LogP contribution in [0.2, 0.25) is 5.02 Å². The molecule has 1 aliphatic rings. The zero-order valence-corrected chi connectivity index (χ0v) is 16.6. The van der Waals surface area contributed by atoms with Gasteiger partial charge < -0.3 is 14.8 Å². The lowest BCUT2D eigenvalue weighted by molar-refractivity contribution is 0.0349. The standard InChI is InChI=1S/C18H25ClN2O3S/c1-17(2,3)24-16(22)21-14(11-18(4)8-9-20-15(18)25)23-13-7-5-6-12(19)10-13/h5-7,10,14H,8-9,11H2,1-4H3,(H,20,25)(H,21,22). The summed E-state index contributed by atoms with van der Waals surface area (Å²) < 4.78 is 11.3. The molecule has 138 valence electrons. The zero-order valence-electron chi connectivity index (χ0n) is 15.0. The summed E-state index contributed by atoms with van der Waals surface area (Å²) in [6.07, 6.45) is 0.304. The molecule has 7 heteroatoms. The fourth-order valence-corrected chi connectivity index (χ4v) is 3.12. The number of nitrogens with one attached hydrogen (secondary N) is 2. The summed E-state index contributed by atoms with van der Waals surface area (Å²) in [5.74, 6) is 0.578. The number of rotatable bonds is 5. The first-order valence-electron chi connectivity index (χ1n) is 8.27. The second kappa shape index (κ2) is 7.79. The molecule has 2 rings (SSSR count). The van der Waals surface area contributed by atoms with Gasteiger partial charge in [-0.3, -0.25) is 5.32 Å². The van der Waals surface area contributed by atoms with Crippen LogP contribution < -0.4 is 15.4 Å². The molecule has 0 radical (unpaired) electrons. The molecule has 0 aromatic heterocycles. The molecule has 5 nitrogen and oxygen atoms in total. The van der Waals surface area contributed by atoms with Crippen molar-refractivity contribution in [2.24, 2.45) is 5.41 Å². The Balaban J connectivity index is 2.12. The molecule has 1 heterocycles. The minimum Gasteiger partial charge on any atom is -0.470 e. The van der Waals surface area contributed by atoms with Gasteiger partial charge in [-0.1, -0.05) is 36.8 Å². The largest absolute Gasteiger partial charge is 0.470 e. The molecule has 2 N–H and O–H groups in total. The van der Waals surface area contributed by atoms with Crippen molar-refractivity contribution >= 4 is 34.9 Å². The van der Waals surface area contributed by atoms with E-state index in [2.05, 4.69) is 17.6 Å². The predicted molar refractivity (Wildman–Crippen MR) is 103 cm³/mol. The summed E-state index contributed by atoms with van der Waals surface area (Å²) in [5, 5.41) is 6.56. The summed E-state index contributed by atoms with van der Waals surface area (Å²) in [6.45, 7) is 8.34. The third-order valence-electron chi connectivity index (χ3n) is 3.90. The Bertz CT molecular complexity index is 647. The van der Waals surface area contributed by atoms with Gasteiger partial charge in [0.05, 0.1) is 4.99 Å². The number of amides is 1. The monoisotopic (exact) mass is 384 g/mol. The molecular formula is C18H25ClN2O3S. The number of carbonyl (C=O) groups excluding carboxylic acids is 1. The molecule has 2 atom stereocenters. The van der Waals surface area contributed by atoms with E-state index < -0.39 is 17.9 Å². The van der Waals surface area contributed by atoms with Gasteiger partial charge in [0.15, 0.2) is 6.23 Å². The molecule has 1 saturated heterocycles. The van der Waals surface area contributed by atoms with E-state index in [0.717, 1.165) is 18.0 Å². The number of ether oxygens (including phenoxy) is 2. The topological polar surface area (TPSA) is 59.6 Å². The highest BCUT2D eigenvalue weighted by Crippen LogP contribution is 2.33. The van der Waals surface area contributed by atoms with Gasteiger partial charge in [0.2, 0.25) is 0 Å². The first-order chi connectivity index (χ1) is 11.6. The van der Waals surface area contributed by atoms with E-state index in [4.69, 9.17) is 33.3 Å². The first-order valence-corrected chi connectivity index (χ1v) is 9.06. The van der Waals surface area contributed by atoms with Crippen LogP contribution >= 0.6 is 23.8 Å². The average Bonchev–Trinajstić information content (AvgIpc) is 2.75. The van der Waals surface area contributed by atoms with E-state index in [1.165, 1.54) is 0 Å². The van der Waals surface area contributed by atoms with E-state index in [0.29, 0.717) is 17.2 Å². The van der Waals surface area contributed by atoms with Gasteiger partial charge in [-0.15, -0.1) is 0 Å². The second-order valence-electron chi connectivity index (χ2n) is 7.48. The number of hydrogen-bond acceptors (Lipinski definition) is 4. The van der Waals surface area contributed by atoms with Crippen molar-refractivity contribution in [2.45, 2.75) is 52.4 Å². The summed E-state index contributed by atoms with van der Waals surface area (Å²) >= 11 is 11.4. The number of halogens is 1. The van der Waals surface area contributed by atoms with Crippen LogP contribution in [0.5, 0.6) is 5.75 Å². The van der Waals surface area contributed by atoms with E-state index in [-0.39, 0.29) is 5.41 Å². The van der Waals surface area contributed by atoms with Gasteiger partial charge in [-0.05, 0) is 45.4 Å². The number of alkyl carbamates (subject to hydrolysis) is 1. The summed E-state index contributed by atoms with van der Waals surface area (Å²) in [5.41, 5.74) is -0.827. The summed E-state index contributed by atoms with van der Waals surface area (Å²) in [7, 11) is 0. The quantitative estimate of drug-likeness (QED) is 0.586. The van der Waals surface area contributed by atoms with Gasteiger partial charge in [0.1, 0.15) is 11.4 Å². The molecule has 0 aliphatic carbocycles. The Morgan fingerprint density at radius 1 is 1.48 bits per heavy atom. The van der Waals surface area contributed by atoms with Crippen molar-refractivity contribution in [1.29, 1.82) is 0 Å². The Labute approximate surface area is 159 Å². The third kappa shape index (κ3) is 6.04. The minimum atomic E-state index is -0.587. The Hall–Kier alpha value is -1.53. The lowest BCUT2D eigenvalue weighted by Crippen LogP contribution is -2.45. The summed E-state index contributed by atoms with van der Waals surface area (Å²) in [6, 6.07) is 7.07. The van der Waals surface area contributed by atoms with E-state index in [1.54, 1.807) is 24.3 Å². The molecule has 1 amide bonds. The Kier molecular flexibility index (Phi) is 6.16. The predicted octanol–water partition coefficient (Wildman–Crippen LogP) is 4.29. The van der Waals surface area contributed by atoms with Crippen molar-refractivity contribution in [3.63, 3.8) is 0 Å².